The van der Waals surface area contributed by atoms with E-state index in [9.17, 15) is 29.7 Å². The molecule has 1 aliphatic heterocycles. The summed E-state index contributed by atoms with van der Waals surface area (Å²) in [5.74, 6) is -2.60. The van der Waals surface area contributed by atoms with E-state index in [1.807, 2.05) is 30.3 Å². The number of hydrogen-bond donors (Lipinski definition) is 4. The Morgan fingerprint density at radius 3 is 2.39 bits per heavy atom. The number of thioether (sulfide) groups is 1. The third kappa shape index (κ3) is 5.56. The minimum atomic E-state index is -1.14. The van der Waals surface area contributed by atoms with Crippen molar-refractivity contribution < 1.29 is 29.7 Å². The molecule has 4 N–H and O–H groups in total. The number of phenols is 1. The fourth-order valence-corrected chi connectivity index (χ4v) is 4.98. The number of phenolic OH excluding ortho intramolecular Hbond substituents is 1. The van der Waals surface area contributed by atoms with Crippen LogP contribution in [-0.4, -0.2) is 62.4 Å². The van der Waals surface area contributed by atoms with Crippen LogP contribution in [0.3, 0.4) is 0 Å². The highest BCUT2D eigenvalue weighted by atomic mass is 32.2. The second-order valence-corrected chi connectivity index (χ2v) is 8.31. The number of nitrogens with zero attached hydrogens (tertiary/aromatic N) is 1. The van der Waals surface area contributed by atoms with Crippen LogP contribution in [0.15, 0.2) is 54.6 Å². The number of amides is 1. The number of aryl methyl sites for hydroxylation is 1. The summed E-state index contributed by atoms with van der Waals surface area (Å²) in [5, 5.41) is 31.3. The van der Waals surface area contributed by atoms with Gasteiger partial charge in [-0.15, -0.1) is 11.8 Å². The summed E-state index contributed by atoms with van der Waals surface area (Å²) in [7, 11) is 0. The van der Waals surface area contributed by atoms with Crippen molar-refractivity contribution in [3.63, 3.8) is 0 Å². The topological polar surface area (TPSA) is 127 Å². The number of nitrogens with one attached hydrogen (secondary N) is 1. The fraction of sp³-hybridized carbons (Fsp3) is 0.318. The Balaban J connectivity index is 1.69. The fourth-order valence-electron chi connectivity index (χ4n) is 3.51. The molecule has 31 heavy (non-hydrogen) atoms. The van der Waals surface area contributed by atoms with Crippen molar-refractivity contribution in [1.82, 2.24) is 10.2 Å². The lowest BCUT2D eigenvalue weighted by atomic mass is 10.1. The Hall–Kier alpha value is -3.04. The average Bonchev–Trinajstić information content (AvgIpc) is 3.19. The van der Waals surface area contributed by atoms with E-state index in [4.69, 9.17) is 0 Å². The molecule has 1 aliphatic rings. The van der Waals surface area contributed by atoms with Crippen molar-refractivity contribution in [2.45, 2.75) is 30.3 Å². The molecule has 0 saturated carbocycles. The zero-order valence-electron chi connectivity index (χ0n) is 16.7. The summed E-state index contributed by atoms with van der Waals surface area (Å²) in [6.45, 7) is -0.319. The normalized spacial score (nSPS) is 19.2. The van der Waals surface area contributed by atoms with Crippen molar-refractivity contribution in [3.05, 3.63) is 65.7 Å². The first-order valence-electron chi connectivity index (χ1n) is 9.82. The Morgan fingerprint density at radius 2 is 1.74 bits per heavy atom. The van der Waals surface area contributed by atoms with E-state index in [1.165, 1.54) is 22.7 Å². The molecule has 0 spiro atoms. The monoisotopic (exact) mass is 444 g/mol. The van der Waals surface area contributed by atoms with Crippen LogP contribution in [0.4, 0.5) is 0 Å². The zero-order chi connectivity index (χ0) is 22.4. The van der Waals surface area contributed by atoms with E-state index in [0.717, 1.165) is 5.56 Å². The lowest BCUT2D eigenvalue weighted by molar-refractivity contribution is -0.149. The van der Waals surface area contributed by atoms with Gasteiger partial charge >= 0.3 is 11.9 Å². The molecule has 3 rings (SSSR count). The summed E-state index contributed by atoms with van der Waals surface area (Å²) in [4.78, 5) is 37.5. The lowest BCUT2D eigenvalue weighted by Gasteiger charge is -2.28. The highest BCUT2D eigenvalue weighted by Crippen LogP contribution is 2.44. The lowest BCUT2D eigenvalue weighted by Crippen LogP contribution is -2.49. The predicted molar refractivity (Wildman–Crippen MR) is 116 cm³/mol. The molecule has 0 aromatic heterocycles. The van der Waals surface area contributed by atoms with E-state index in [0.29, 0.717) is 12.0 Å². The van der Waals surface area contributed by atoms with Crippen molar-refractivity contribution in [3.8, 4) is 5.75 Å². The van der Waals surface area contributed by atoms with E-state index < -0.39 is 35.3 Å². The number of carboxylic acids is 2. The first kappa shape index (κ1) is 22.6. The summed E-state index contributed by atoms with van der Waals surface area (Å²) < 4.78 is 0. The zero-order valence-corrected chi connectivity index (χ0v) is 17.5. The quantitative estimate of drug-likeness (QED) is 0.463. The van der Waals surface area contributed by atoms with Crippen LogP contribution in [-0.2, 0) is 20.8 Å². The van der Waals surface area contributed by atoms with Gasteiger partial charge < -0.3 is 20.2 Å². The van der Waals surface area contributed by atoms with Gasteiger partial charge in [0.1, 0.15) is 23.2 Å². The molecule has 0 bridgehead atoms. The molecule has 3 unspecified atom stereocenters. The molecule has 1 fully saturated rings. The van der Waals surface area contributed by atoms with Crippen LogP contribution in [0.25, 0.3) is 0 Å². The van der Waals surface area contributed by atoms with E-state index in [-0.39, 0.29) is 24.5 Å². The predicted octanol–water partition coefficient (Wildman–Crippen LogP) is 2.09. The summed E-state index contributed by atoms with van der Waals surface area (Å²) >= 11 is 1.25. The molecule has 1 amide bonds. The van der Waals surface area contributed by atoms with Crippen molar-refractivity contribution in [2.24, 2.45) is 0 Å². The molecular weight excluding hydrogens is 420 g/mol. The number of rotatable bonds is 9. The van der Waals surface area contributed by atoms with Gasteiger partial charge in [-0.1, -0.05) is 48.5 Å². The molecular formula is C22H24N2O6S. The first-order valence-corrected chi connectivity index (χ1v) is 10.9. The number of aromatic hydroxyl groups is 1. The molecule has 1 heterocycles. The maximum Gasteiger partial charge on any atom is 0.327 e. The number of carboxylic acid groups (broad SMARTS) is 2. The SMILES string of the molecule is O=C(O)C(CCc1ccccc1)NCC(=O)N1C(C(=O)O)CSC1c1ccccc1O. The number of hydrogen-bond acceptors (Lipinski definition) is 6. The molecule has 2 aromatic carbocycles. The second kappa shape index (κ2) is 10.3. The Morgan fingerprint density at radius 1 is 1.06 bits per heavy atom. The Labute approximate surface area is 183 Å². The summed E-state index contributed by atoms with van der Waals surface area (Å²) in [6.07, 6.45) is 0.809. The smallest absolute Gasteiger partial charge is 0.327 e. The number of para-hydroxylation sites is 1. The molecule has 1 saturated heterocycles. The van der Waals surface area contributed by atoms with Gasteiger partial charge in [0.2, 0.25) is 5.91 Å². The number of aliphatic carboxylic acids is 2. The van der Waals surface area contributed by atoms with Crippen LogP contribution in [0, 0.1) is 0 Å². The third-order valence-electron chi connectivity index (χ3n) is 5.14. The van der Waals surface area contributed by atoms with Crippen LogP contribution in [0.2, 0.25) is 0 Å². The van der Waals surface area contributed by atoms with E-state index >= 15 is 0 Å². The highest BCUT2D eigenvalue weighted by molar-refractivity contribution is 7.99. The second-order valence-electron chi connectivity index (χ2n) is 7.20. The van der Waals surface area contributed by atoms with Gasteiger partial charge in [0.15, 0.2) is 0 Å². The number of carbonyl (C=O) groups excluding carboxylic acids is 1. The standard InChI is InChI=1S/C22H24N2O6S/c25-18-9-5-4-8-15(18)20-24(17(13-31-20)22(29)30)19(26)12-23-16(21(27)28)11-10-14-6-2-1-3-7-14/h1-9,16-17,20,23,25H,10-13H2,(H,27,28)(H,29,30). The van der Waals surface area contributed by atoms with Crippen molar-refractivity contribution >= 4 is 29.6 Å². The first-order chi connectivity index (χ1) is 14.9. The largest absolute Gasteiger partial charge is 0.508 e. The van der Waals surface area contributed by atoms with Crippen LogP contribution in [0.1, 0.15) is 22.9 Å². The number of carbonyl (C=O) groups is 3. The third-order valence-corrected chi connectivity index (χ3v) is 6.44. The molecule has 3 atom stereocenters. The number of benzene rings is 2. The Bertz CT molecular complexity index is 939. The molecule has 8 nitrogen and oxygen atoms in total. The van der Waals surface area contributed by atoms with E-state index in [2.05, 4.69) is 5.32 Å². The minimum absolute atomic E-state index is 0.0249. The van der Waals surface area contributed by atoms with E-state index in [1.54, 1.807) is 18.2 Å². The summed E-state index contributed by atoms with van der Waals surface area (Å²) in [5.41, 5.74) is 1.44. The van der Waals surface area contributed by atoms with Gasteiger partial charge in [0, 0.05) is 11.3 Å². The maximum absolute atomic E-state index is 13.0. The van der Waals surface area contributed by atoms with Gasteiger partial charge in [-0.2, -0.15) is 0 Å². The van der Waals surface area contributed by atoms with Gasteiger partial charge in [0.05, 0.1) is 6.54 Å². The Kier molecular flexibility index (Phi) is 7.54. The van der Waals surface area contributed by atoms with Gasteiger partial charge in [-0.3, -0.25) is 14.9 Å². The van der Waals surface area contributed by atoms with Crippen molar-refractivity contribution in [1.29, 1.82) is 0 Å². The van der Waals surface area contributed by atoms with Crippen molar-refractivity contribution in [2.75, 3.05) is 12.3 Å². The molecule has 9 heteroatoms. The molecule has 2 aromatic rings. The van der Waals surface area contributed by atoms with Crippen LogP contribution in [0.5, 0.6) is 5.75 Å². The molecule has 0 radical (unpaired) electrons. The maximum atomic E-state index is 13.0. The average molecular weight is 445 g/mol. The van der Waals surface area contributed by atoms with Gasteiger partial charge in [-0.05, 0) is 24.5 Å². The summed E-state index contributed by atoms with van der Waals surface area (Å²) in [6, 6.07) is 13.9. The van der Waals surface area contributed by atoms with Crippen LogP contribution < -0.4 is 5.32 Å². The van der Waals surface area contributed by atoms with Gasteiger partial charge in [-0.25, -0.2) is 4.79 Å². The highest BCUT2D eigenvalue weighted by Gasteiger charge is 2.43. The molecule has 0 aliphatic carbocycles. The minimum Gasteiger partial charge on any atom is -0.508 e. The van der Waals surface area contributed by atoms with Gasteiger partial charge in [0.25, 0.3) is 0 Å². The van der Waals surface area contributed by atoms with Crippen LogP contribution >= 0.6 is 11.8 Å². The molecule has 164 valence electrons.